The molecule has 0 saturated carbocycles. The summed E-state index contributed by atoms with van der Waals surface area (Å²) in [5.41, 5.74) is 3.72. The fraction of sp³-hybridized carbons (Fsp3) is 0.200. The van der Waals surface area contributed by atoms with Crippen LogP contribution in [0.3, 0.4) is 0 Å². The number of aromatic nitrogens is 3. The lowest BCUT2D eigenvalue weighted by molar-refractivity contribution is 0.188. The van der Waals surface area contributed by atoms with E-state index in [0.717, 1.165) is 25.1 Å². The molecule has 4 nitrogen and oxygen atoms in total. The summed E-state index contributed by atoms with van der Waals surface area (Å²) < 4.78 is 15.4. The van der Waals surface area contributed by atoms with Crippen molar-refractivity contribution in [3.8, 4) is 0 Å². The van der Waals surface area contributed by atoms with Gasteiger partial charge in [-0.25, -0.2) is 9.07 Å². The molecule has 0 amide bonds. The van der Waals surface area contributed by atoms with E-state index in [-0.39, 0.29) is 5.82 Å². The molecule has 0 bridgehead atoms. The second-order valence-corrected chi connectivity index (χ2v) is 6.78. The Kier molecular flexibility index (Phi) is 4.77. The first kappa shape index (κ1) is 16.9. The average molecular weight is 366 g/mol. The molecule has 0 spiro atoms. The summed E-state index contributed by atoms with van der Waals surface area (Å²) in [6, 6.07) is 14.9. The van der Waals surface area contributed by atoms with Crippen molar-refractivity contribution in [2.45, 2.75) is 19.6 Å². The number of nitrogens with one attached hydrogen (secondary N) is 1. The van der Waals surface area contributed by atoms with E-state index in [4.69, 9.17) is 12.2 Å². The molecule has 1 aliphatic heterocycles. The minimum atomic E-state index is -0.242. The van der Waals surface area contributed by atoms with Crippen LogP contribution >= 0.6 is 12.2 Å². The summed E-state index contributed by atoms with van der Waals surface area (Å²) in [5, 5.41) is 3.23. The molecule has 0 saturated heterocycles. The van der Waals surface area contributed by atoms with Gasteiger partial charge in [0.15, 0.2) is 0 Å². The summed E-state index contributed by atoms with van der Waals surface area (Å²) in [5.74, 6) is 0.450. The van der Waals surface area contributed by atoms with Crippen molar-refractivity contribution in [2.75, 3.05) is 6.54 Å². The summed E-state index contributed by atoms with van der Waals surface area (Å²) in [7, 11) is 0. The van der Waals surface area contributed by atoms with Gasteiger partial charge >= 0.3 is 0 Å². The van der Waals surface area contributed by atoms with Gasteiger partial charge in [0.1, 0.15) is 11.6 Å². The predicted octanol–water partition coefficient (Wildman–Crippen LogP) is 4.27. The lowest BCUT2D eigenvalue weighted by atomic mass is 10.0. The molecule has 4 rings (SSSR count). The molecule has 1 aromatic heterocycles. The second-order valence-electron chi connectivity index (χ2n) is 6.42. The van der Waals surface area contributed by atoms with Crippen molar-refractivity contribution in [3.63, 3.8) is 0 Å². The van der Waals surface area contributed by atoms with Crippen LogP contribution in [0, 0.1) is 10.6 Å². The van der Waals surface area contributed by atoms with E-state index in [0.29, 0.717) is 17.3 Å². The molecule has 0 atom stereocenters. The number of aromatic amines is 1. The fourth-order valence-electron chi connectivity index (χ4n) is 3.17. The largest absolute Gasteiger partial charge is 0.280 e. The average Bonchev–Trinajstić information content (AvgIpc) is 3.01. The van der Waals surface area contributed by atoms with E-state index in [9.17, 15) is 4.39 Å². The molecule has 132 valence electrons. The smallest absolute Gasteiger partial charge is 0.217 e. The number of fused-ring (bicyclic) bond motifs is 1. The van der Waals surface area contributed by atoms with Crippen molar-refractivity contribution in [3.05, 3.63) is 81.6 Å². The lowest BCUT2D eigenvalue weighted by Gasteiger charge is -2.28. The molecule has 0 aliphatic carbocycles. The Hall–Kier alpha value is -2.57. The topological polar surface area (TPSA) is 36.9 Å². The highest BCUT2D eigenvalue weighted by Gasteiger charge is 2.16. The zero-order valence-electron chi connectivity index (χ0n) is 14.2. The lowest BCUT2D eigenvalue weighted by Crippen LogP contribution is -2.32. The first-order chi connectivity index (χ1) is 12.7. The van der Waals surface area contributed by atoms with Gasteiger partial charge in [0.2, 0.25) is 4.77 Å². The minimum absolute atomic E-state index is 0.242. The highest BCUT2D eigenvalue weighted by atomic mass is 32.1. The van der Waals surface area contributed by atoms with E-state index >= 15 is 0 Å². The third kappa shape index (κ3) is 3.81. The Labute approximate surface area is 156 Å². The second kappa shape index (κ2) is 7.35. The summed E-state index contributed by atoms with van der Waals surface area (Å²) >= 11 is 5.38. The summed E-state index contributed by atoms with van der Waals surface area (Å²) in [6.07, 6.45) is 4.79. The highest BCUT2D eigenvalue weighted by molar-refractivity contribution is 7.71. The van der Waals surface area contributed by atoms with Gasteiger partial charge in [-0.1, -0.05) is 42.5 Å². The van der Waals surface area contributed by atoms with Gasteiger partial charge in [-0.05, 0) is 53.5 Å². The van der Waals surface area contributed by atoms with Crippen LogP contribution in [0.1, 0.15) is 22.5 Å². The molecule has 1 N–H and O–H groups in total. The van der Waals surface area contributed by atoms with Crippen molar-refractivity contribution >= 4 is 24.4 Å². The Bertz CT molecular complexity index is 988. The van der Waals surface area contributed by atoms with Crippen LogP contribution in [0.2, 0.25) is 0 Å². The van der Waals surface area contributed by atoms with Crippen LogP contribution in [0.4, 0.5) is 4.39 Å². The third-order valence-corrected chi connectivity index (χ3v) is 4.86. The van der Waals surface area contributed by atoms with Crippen molar-refractivity contribution in [2.24, 2.45) is 0 Å². The molecule has 2 heterocycles. The Morgan fingerprint density at radius 2 is 1.85 bits per heavy atom. The van der Waals surface area contributed by atoms with Crippen molar-refractivity contribution < 1.29 is 4.39 Å². The molecule has 2 aromatic carbocycles. The van der Waals surface area contributed by atoms with Crippen molar-refractivity contribution in [1.82, 2.24) is 19.7 Å². The number of halogens is 1. The molecular weight excluding hydrogens is 347 g/mol. The molecular formula is C20H19FN4S. The number of hydrogen-bond donors (Lipinski definition) is 1. The Morgan fingerprint density at radius 1 is 1.08 bits per heavy atom. The zero-order valence-corrected chi connectivity index (χ0v) is 15.0. The number of benzene rings is 2. The maximum absolute atomic E-state index is 13.0. The zero-order chi connectivity index (χ0) is 17.9. The highest BCUT2D eigenvalue weighted by Crippen LogP contribution is 2.18. The van der Waals surface area contributed by atoms with Crippen LogP contribution in [-0.2, 0) is 19.6 Å². The van der Waals surface area contributed by atoms with E-state index in [2.05, 4.69) is 39.2 Å². The third-order valence-electron chi connectivity index (χ3n) is 4.55. The SMILES string of the molecule is Fc1ccc(C=Cc2nc(=S)n(CN3CCc4ccccc4C3)[nH]2)cc1. The quantitative estimate of drug-likeness (QED) is 0.701. The summed E-state index contributed by atoms with van der Waals surface area (Å²) in [4.78, 5) is 6.74. The molecule has 3 aromatic rings. The maximum atomic E-state index is 13.0. The molecule has 1 aliphatic rings. The van der Waals surface area contributed by atoms with Gasteiger partial charge in [-0.3, -0.25) is 10.00 Å². The molecule has 26 heavy (non-hydrogen) atoms. The first-order valence-corrected chi connectivity index (χ1v) is 8.98. The Morgan fingerprint density at radius 3 is 2.65 bits per heavy atom. The van der Waals surface area contributed by atoms with E-state index in [1.807, 2.05) is 16.8 Å². The normalized spacial score (nSPS) is 14.7. The molecule has 0 radical (unpaired) electrons. The first-order valence-electron chi connectivity index (χ1n) is 8.57. The molecule has 0 fully saturated rings. The fourth-order valence-corrected chi connectivity index (χ4v) is 3.37. The monoisotopic (exact) mass is 366 g/mol. The number of hydrogen-bond acceptors (Lipinski definition) is 3. The standard InChI is InChI=1S/C20H19FN4S/c21-18-8-5-15(6-9-18)7-10-19-22-20(26)25(23-19)14-24-12-11-16-3-1-2-4-17(16)13-24/h1-10H,11-14H2,(H,22,23,26). The van der Waals surface area contributed by atoms with Crippen molar-refractivity contribution in [1.29, 1.82) is 0 Å². The van der Waals surface area contributed by atoms with Crippen LogP contribution in [-0.4, -0.2) is 26.2 Å². The Balaban J connectivity index is 1.45. The van der Waals surface area contributed by atoms with Crippen LogP contribution in [0.5, 0.6) is 0 Å². The minimum Gasteiger partial charge on any atom is -0.280 e. The predicted molar refractivity (Wildman–Crippen MR) is 103 cm³/mol. The summed E-state index contributed by atoms with van der Waals surface area (Å²) in [6.45, 7) is 2.60. The van der Waals surface area contributed by atoms with Gasteiger partial charge in [0.05, 0.1) is 6.67 Å². The number of rotatable bonds is 4. The molecule has 6 heteroatoms. The van der Waals surface area contributed by atoms with E-state index in [1.165, 1.54) is 23.3 Å². The van der Waals surface area contributed by atoms with Crippen LogP contribution in [0.15, 0.2) is 48.5 Å². The van der Waals surface area contributed by atoms with Gasteiger partial charge in [0.25, 0.3) is 0 Å². The van der Waals surface area contributed by atoms with Gasteiger partial charge < -0.3 is 0 Å². The van der Waals surface area contributed by atoms with Crippen LogP contribution < -0.4 is 0 Å². The van der Waals surface area contributed by atoms with Gasteiger partial charge in [0, 0.05) is 13.1 Å². The van der Waals surface area contributed by atoms with E-state index < -0.39 is 0 Å². The number of nitrogens with zero attached hydrogens (tertiary/aromatic N) is 3. The number of H-pyrrole nitrogens is 1. The maximum Gasteiger partial charge on any atom is 0.217 e. The van der Waals surface area contributed by atoms with Crippen LogP contribution in [0.25, 0.3) is 12.2 Å². The van der Waals surface area contributed by atoms with E-state index in [1.54, 1.807) is 12.1 Å². The van der Waals surface area contributed by atoms with Gasteiger partial charge in [-0.15, -0.1) is 0 Å². The van der Waals surface area contributed by atoms with Gasteiger partial charge in [-0.2, -0.15) is 4.98 Å². The molecule has 0 unspecified atom stereocenters.